The van der Waals surface area contributed by atoms with Gasteiger partial charge < -0.3 is 8.83 Å². The number of hydrogen-bond donors (Lipinski definition) is 0. The third kappa shape index (κ3) is 3.33. The van der Waals surface area contributed by atoms with Gasteiger partial charge in [-0.2, -0.15) is 5.26 Å². The number of fused-ring (bicyclic) bond motifs is 2. The monoisotopic (exact) mass is 395 g/mol. The number of nitrogens with zero attached hydrogens (tertiary/aromatic N) is 1. The second-order valence-electron chi connectivity index (χ2n) is 6.03. The standard InChI is InChI=1S/C11H9NO.C10H9BrO/c1-7-8(2)13-11-4-3-9(6-12)5-10(7)11;1-6-7(2)12-10-4-3-8(11)5-9(6)10/h3-5H,1-2H3;3-5H,1-2H3. The summed E-state index contributed by atoms with van der Waals surface area (Å²) in [6.07, 6.45) is 0. The lowest BCUT2D eigenvalue weighted by Crippen LogP contribution is -1.74. The maximum atomic E-state index is 8.71. The van der Waals surface area contributed by atoms with Gasteiger partial charge in [0.2, 0.25) is 0 Å². The molecule has 4 aromatic rings. The van der Waals surface area contributed by atoms with Crippen LogP contribution < -0.4 is 0 Å². The molecule has 3 nitrogen and oxygen atoms in total. The summed E-state index contributed by atoms with van der Waals surface area (Å²) in [5.74, 6) is 1.92. The summed E-state index contributed by atoms with van der Waals surface area (Å²) >= 11 is 3.43. The number of aryl methyl sites for hydroxylation is 4. The lowest BCUT2D eigenvalue weighted by molar-refractivity contribution is 0.574. The highest BCUT2D eigenvalue weighted by atomic mass is 79.9. The molecule has 2 heterocycles. The van der Waals surface area contributed by atoms with E-state index in [1.54, 1.807) is 6.07 Å². The number of furan rings is 2. The van der Waals surface area contributed by atoms with Crippen LogP contribution in [-0.2, 0) is 0 Å². The lowest BCUT2D eigenvalue weighted by Gasteiger charge is -1.90. The maximum absolute atomic E-state index is 8.71. The van der Waals surface area contributed by atoms with Crippen molar-refractivity contribution in [2.24, 2.45) is 0 Å². The Balaban J connectivity index is 0.000000146. The van der Waals surface area contributed by atoms with E-state index in [4.69, 9.17) is 14.1 Å². The second-order valence-corrected chi connectivity index (χ2v) is 6.95. The molecule has 0 aliphatic rings. The van der Waals surface area contributed by atoms with Gasteiger partial charge in [-0.15, -0.1) is 0 Å². The Bertz CT molecular complexity index is 1110. The minimum Gasteiger partial charge on any atom is -0.461 e. The molecule has 0 fully saturated rings. The zero-order valence-corrected chi connectivity index (χ0v) is 16.2. The first kappa shape index (κ1) is 17.3. The molecule has 0 radical (unpaired) electrons. The molecule has 0 aliphatic heterocycles. The van der Waals surface area contributed by atoms with Gasteiger partial charge >= 0.3 is 0 Å². The molecule has 0 spiro atoms. The third-order valence-corrected chi connectivity index (χ3v) is 4.93. The summed E-state index contributed by atoms with van der Waals surface area (Å²) in [6.45, 7) is 8.00. The van der Waals surface area contributed by atoms with Crippen LogP contribution in [0.2, 0.25) is 0 Å². The zero-order chi connectivity index (χ0) is 18.1. The largest absolute Gasteiger partial charge is 0.461 e. The van der Waals surface area contributed by atoms with E-state index in [0.29, 0.717) is 5.56 Å². The van der Waals surface area contributed by atoms with E-state index in [9.17, 15) is 0 Å². The fourth-order valence-corrected chi connectivity index (χ4v) is 3.09. The Morgan fingerprint density at radius 2 is 1.32 bits per heavy atom. The topological polar surface area (TPSA) is 50.1 Å². The van der Waals surface area contributed by atoms with Gasteiger partial charge in [0.25, 0.3) is 0 Å². The van der Waals surface area contributed by atoms with Gasteiger partial charge in [0.05, 0.1) is 11.6 Å². The molecule has 25 heavy (non-hydrogen) atoms. The van der Waals surface area contributed by atoms with Crippen molar-refractivity contribution in [1.29, 1.82) is 5.26 Å². The second kappa shape index (κ2) is 6.78. The molecule has 0 saturated heterocycles. The van der Waals surface area contributed by atoms with Crippen LogP contribution in [-0.4, -0.2) is 0 Å². The number of benzene rings is 2. The fourth-order valence-electron chi connectivity index (χ4n) is 2.73. The van der Waals surface area contributed by atoms with Crippen LogP contribution >= 0.6 is 15.9 Å². The van der Waals surface area contributed by atoms with Crippen LogP contribution in [0.3, 0.4) is 0 Å². The third-order valence-electron chi connectivity index (χ3n) is 4.44. The van der Waals surface area contributed by atoms with Crippen molar-refractivity contribution >= 4 is 37.9 Å². The Morgan fingerprint density at radius 1 is 0.800 bits per heavy atom. The molecule has 0 saturated carbocycles. The number of halogens is 1. The van der Waals surface area contributed by atoms with Crippen molar-refractivity contribution in [3.05, 3.63) is 69.1 Å². The van der Waals surface area contributed by atoms with Gasteiger partial charge in [0.15, 0.2) is 0 Å². The van der Waals surface area contributed by atoms with E-state index >= 15 is 0 Å². The number of rotatable bonds is 0. The van der Waals surface area contributed by atoms with Crippen molar-refractivity contribution < 1.29 is 8.83 Å². The molecular weight excluding hydrogens is 378 g/mol. The summed E-state index contributed by atoms with van der Waals surface area (Å²) in [5, 5.41) is 10.9. The highest BCUT2D eigenvalue weighted by molar-refractivity contribution is 9.10. The molecule has 2 aromatic heterocycles. The predicted octanol–water partition coefficient (Wildman–Crippen LogP) is 6.73. The molecule has 0 unspecified atom stereocenters. The van der Waals surface area contributed by atoms with E-state index in [2.05, 4.69) is 35.0 Å². The quantitative estimate of drug-likeness (QED) is 0.331. The first-order valence-electron chi connectivity index (χ1n) is 7.96. The molecule has 126 valence electrons. The first-order valence-corrected chi connectivity index (χ1v) is 8.75. The Morgan fingerprint density at radius 3 is 1.88 bits per heavy atom. The van der Waals surface area contributed by atoms with Crippen LogP contribution in [0.25, 0.3) is 21.9 Å². The summed E-state index contributed by atoms with van der Waals surface area (Å²) in [5.41, 5.74) is 4.84. The molecule has 2 aromatic carbocycles. The van der Waals surface area contributed by atoms with E-state index in [-0.39, 0.29) is 0 Å². The van der Waals surface area contributed by atoms with Crippen LogP contribution in [0, 0.1) is 39.0 Å². The van der Waals surface area contributed by atoms with Crippen molar-refractivity contribution in [1.82, 2.24) is 0 Å². The smallest absolute Gasteiger partial charge is 0.134 e. The highest BCUT2D eigenvalue weighted by Gasteiger charge is 2.07. The van der Waals surface area contributed by atoms with Gasteiger partial charge in [-0.05, 0) is 75.2 Å². The van der Waals surface area contributed by atoms with E-state index in [1.807, 2.05) is 45.0 Å². The van der Waals surface area contributed by atoms with Gasteiger partial charge in [0, 0.05) is 15.2 Å². The van der Waals surface area contributed by atoms with Gasteiger partial charge in [-0.1, -0.05) is 15.9 Å². The molecule has 0 aliphatic carbocycles. The van der Waals surface area contributed by atoms with E-state index in [1.165, 1.54) is 10.9 Å². The predicted molar refractivity (Wildman–Crippen MR) is 104 cm³/mol. The first-order chi connectivity index (χ1) is 11.9. The normalized spacial score (nSPS) is 10.6. The molecule has 0 N–H and O–H groups in total. The van der Waals surface area contributed by atoms with E-state index in [0.717, 1.165) is 38.1 Å². The van der Waals surface area contributed by atoms with Crippen LogP contribution in [0.1, 0.15) is 28.2 Å². The van der Waals surface area contributed by atoms with E-state index < -0.39 is 0 Å². The average molecular weight is 396 g/mol. The molecular formula is C21H18BrNO2. The average Bonchev–Trinajstić information content (AvgIpc) is 3.05. The molecule has 4 heteroatoms. The van der Waals surface area contributed by atoms with Gasteiger partial charge in [-0.3, -0.25) is 0 Å². The maximum Gasteiger partial charge on any atom is 0.134 e. The summed E-state index contributed by atoms with van der Waals surface area (Å²) in [7, 11) is 0. The summed E-state index contributed by atoms with van der Waals surface area (Å²) in [6, 6.07) is 13.6. The van der Waals surface area contributed by atoms with Crippen molar-refractivity contribution in [2.45, 2.75) is 27.7 Å². The van der Waals surface area contributed by atoms with Crippen molar-refractivity contribution in [3.8, 4) is 6.07 Å². The minimum atomic E-state index is 0.677. The zero-order valence-electron chi connectivity index (χ0n) is 14.6. The minimum absolute atomic E-state index is 0.677. The van der Waals surface area contributed by atoms with Crippen molar-refractivity contribution in [3.63, 3.8) is 0 Å². The van der Waals surface area contributed by atoms with Crippen LogP contribution in [0.15, 0.2) is 49.7 Å². The number of nitriles is 1. The van der Waals surface area contributed by atoms with Gasteiger partial charge in [0.1, 0.15) is 22.7 Å². The highest BCUT2D eigenvalue weighted by Crippen LogP contribution is 2.27. The molecule has 0 amide bonds. The molecule has 0 bridgehead atoms. The van der Waals surface area contributed by atoms with Crippen LogP contribution in [0.5, 0.6) is 0 Å². The fraction of sp³-hybridized carbons (Fsp3) is 0.190. The molecule has 0 atom stereocenters. The summed E-state index contributed by atoms with van der Waals surface area (Å²) < 4.78 is 12.1. The Hall–Kier alpha value is -2.51. The van der Waals surface area contributed by atoms with Crippen molar-refractivity contribution in [2.75, 3.05) is 0 Å². The SMILES string of the molecule is Cc1oc2ccc(Br)cc2c1C.Cc1oc2ccc(C#N)cc2c1C. The summed E-state index contributed by atoms with van der Waals surface area (Å²) in [4.78, 5) is 0. The number of hydrogen-bond acceptors (Lipinski definition) is 3. The van der Waals surface area contributed by atoms with Crippen LogP contribution in [0.4, 0.5) is 0 Å². The lowest BCUT2D eigenvalue weighted by atomic mass is 10.1. The Kier molecular flexibility index (Phi) is 4.69. The Labute approximate surface area is 155 Å². The molecule has 4 rings (SSSR count). The van der Waals surface area contributed by atoms with Gasteiger partial charge in [-0.25, -0.2) is 0 Å².